The van der Waals surface area contributed by atoms with Gasteiger partial charge in [-0.2, -0.15) is 0 Å². The van der Waals surface area contributed by atoms with E-state index in [0.29, 0.717) is 17.7 Å². The highest BCUT2D eigenvalue weighted by Crippen LogP contribution is 2.21. The summed E-state index contributed by atoms with van der Waals surface area (Å²) in [5, 5.41) is 0. The zero-order valence-electron chi connectivity index (χ0n) is 13.0. The number of aryl methyl sites for hydroxylation is 1. The molecule has 0 radical (unpaired) electrons. The SMILES string of the molecule is Cc1cc(OCc2ccccc2)ccc1C(=O)c1ccccc1. The molecule has 0 aliphatic rings. The van der Waals surface area contributed by atoms with Crippen molar-refractivity contribution in [3.8, 4) is 5.75 Å². The summed E-state index contributed by atoms with van der Waals surface area (Å²) in [6.07, 6.45) is 0. The van der Waals surface area contributed by atoms with Crippen LogP contribution in [0.3, 0.4) is 0 Å². The van der Waals surface area contributed by atoms with E-state index in [2.05, 4.69) is 0 Å². The van der Waals surface area contributed by atoms with Gasteiger partial charge in [0.25, 0.3) is 0 Å². The second-order valence-corrected chi connectivity index (χ2v) is 5.45. The third kappa shape index (κ3) is 3.67. The van der Waals surface area contributed by atoms with Crippen LogP contribution in [0.2, 0.25) is 0 Å². The summed E-state index contributed by atoms with van der Waals surface area (Å²) in [7, 11) is 0. The van der Waals surface area contributed by atoms with Gasteiger partial charge < -0.3 is 4.74 Å². The maximum Gasteiger partial charge on any atom is 0.193 e. The fourth-order valence-electron chi connectivity index (χ4n) is 2.47. The zero-order valence-corrected chi connectivity index (χ0v) is 13.0. The van der Waals surface area contributed by atoms with E-state index in [1.54, 1.807) is 0 Å². The predicted molar refractivity (Wildman–Crippen MR) is 91.8 cm³/mol. The molecule has 0 aliphatic heterocycles. The second-order valence-electron chi connectivity index (χ2n) is 5.45. The van der Waals surface area contributed by atoms with Gasteiger partial charge in [-0.05, 0) is 36.2 Å². The van der Waals surface area contributed by atoms with Crippen molar-refractivity contribution in [3.05, 3.63) is 101 Å². The van der Waals surface area contributed by atoms with E-state index >= 15 is 0 Å². The number of hydrogen-bond acceptors (Lipinski definition) is 2. The van der Waals surface area contributed by atoms with Gasteiger partial charge in [0, 0.05) is 11.1 Å². The molecule has 0 saturated heterocycles. The molecule has 2 heteroatoms. The lowest BCUT2D eigenvalue weighted by Crippen LogP contribution is -2.04. The Labute approximate surface area is 136 Å². The molecule has 3 aromatic carbocycles. The minimum Gasteiger partial charge on any atom is -0.489 e. The van der Waals surface area contributed by atoms with E-state index in [4.69, 9.17) is 4.74 Å². The number of carbonyl (C=O) groups is 1. The fraction of sp³-hybridized carbons (Fsp3) is 0.0952. The monoisotopic (exact) mass is 302 g/mol. The minimum absolute atomic E-state index is 0.0395. The van der Waals surface area contributed by atoms with Gasteiger partial charge in [0.15, 0.2) is 5.78 Å². The predicted octanol–water partition coefficient (Wildman–Crippen LogP) is 4.81. The van der Waals surface area contributed by atoms with E-state index in [9.17, 15) is 4.79 Å². The van der Waals surface area contributed by atoms with Crippen LogP contribution in [0.15, 0.2) is 78.9 Å². The largest absolute Gasteiger partial charge is 0.489 e. The Morgan fingerprint density at radius 1 is 0.870 bits per heavy atom. The second kappa shape index (κ2) is 6.93. The molecular formula is C21H18O2. The molecule has 0 aliphatic carbocycles. The Balaban J connectivity index is 1.74. The Hall–Kier alpha value is -2.87. The molecule has 3 rings (SSSR count). The highest BCUT2D eigenvalue weighted by molar-refractivity contribution is 6.09. The first-order valence-electron chi connectivity index (χ1n) is 7.61. The molecule has 0 unspecified atom stereocenters. The summed E-state index contributed by atoms with van der Waals surface area (Å²) in [5.41, 5.74) is 3.45. The average molecular weight is 302 g/mol. The summed E-state index contributed by atoms with van der Waals surface area (Å²) in [6.45, 7) is 2.46. The van der Waals surface area contributed by atoms with Crippen molar-refractivity contribution in [2.45, 2.75) is 13.5 Å². The van der Waals surface area contributed by atoms with Gasteiger partial charge in [-0.15, -0.1) is 0 Å². The Bertz CT molecular complexity index is 793. The van der Waals surface area contributed by atoms with Crippen LogP contribution in [0.4, 0.5) is 0 Å². The Morgan fingerprint density at radius 3 is 2.17 bits per heavy atom. The van der Waals surface area contributed by atoms with Crippen molar-refractivity contribution in [2.24, 2.45) is 0 Å². The number of carbonyl (C=O) groups excluding carboxylic acids is 1. The Kier molecular flexibility index (Phi) is 4.53. The number of benzene rings is 3. The van der Waals surface area contributed by atoms with E-state index in [1.807, 2.05) is 85.8 Å². The molecule has 0 N–H and O–H groups in total. The van der Waals surface area contributed by atoms with Crippen molar-refractivity contribution < 1.29 is 9.53 Å². The number of rotatable bonds is 5. The van der Waals surface area contributed by atoms with Crippen LogP contribution in [0.5, 0.6) is 5.75 Å². The van der Waals surface area contributed by atoms with Crippen LogP contribution in [0, 0.1) is 6.92 Å². The van der Waals surface area contributed by atoms with Gasteiger partial charge in [0.05, 0.1) is 0 Å². The van der Waals surface area contributed by atoms with Gasteiger partial charge in [0.2, 0.25) is 0 Å². The quantitative estimate of drug-likeness (QED) is 0.632. The van der Waals surface area contributed by atoms with E-state index < -0.39 is 0 Å². The van der Waals surface area contributed by atoms with E-state index in [1.165, 1.54) is 0 Å². The van der Waals surface area contributed by atoms with Crippen molar-refractivity contribution in [1.29, 1.82) is 0 Å². The van der Waals surface area contributed by atoms with Crippen LogP contribution < -0.4 is 4.74 Å². The van der Waals surface area contributed by atoms with Crippen LogP contribution in [-0.2, 0) is 6.61 Å². The smallest absolute Gasteiger partial charge is 0.193 e. The molecule has 2 nitrogen and oxygen atoms in total. The van der Waals surface area contributed by atoms with Gasteiger partial charge >= 0.3 is 0 Å². The number of ether oxygens (including phenoxy) is 1. The number of hydrogen-bond donors (Lipinski definition) is 0. The maximum atomic E-state index is 12.5. The highest BCUT2D eigenvalue weighted by atomic mass is 16.5. The molecule has 23 heavy (non-hydrogen) atoms. The average Bonchev–Trinajstić information content (AvgIpc) is 2.61. The van der Waals surface area contributed by atoms with Gasteiger partial charge in [-0.1, -0.05) is 60.7 Å². The lowest BCUT2D eigenvalue weighted by molar-refractivity contribution is 0.103. The fourth-order valence-corrected chi connectivity index (χ4v) is 2.47. The lowest BCUT2D eigenvalue weighted by Gasteiger charge is -2.10. The molecule has 3 aromatic rings. The van der Waals surface area contributed by atoms with Gasteiger partial charge in [0.1, 0.15) is 12.4 Å². The topological polar surface area (TPSA) is 26.3 Å². The van der Waals surface area contributed by atoms with Gasteiger partial charge in [-0.3, -0.25) is 4.79 Å². The molecule has 0 bridgehead atoms. The first-order chi connectivity index (χ1) is 11.2. The molecule has 0 aromatic heterocycles. The first-order valence-corrected chi connectivity index (χ1v) is 7.61. The zero-order chi connectivity index (χ0) is 16.1. The summed E-state index contributed by atoms with van der Waals surface area (Å²) < 4.78 is 5.80. The first kappa shape index (κ1) is 15.0. The molecule has 0 amide bonds. The van der Waals surface area contributed by atoms with Crippen LogP contribution in [0.25, 0.3) is 0 Å². The summed E-state index contributed by atoms with van der Waals surface area (Å²) in [6, 6.07) is 25.0. The van der Waals surface area contributed by atoms with Crippen LogP contribution in [-0.4, -0.2) is 5.78 Å². The standard InChI is InChI=1S/C21H18O2/c1-16-14-19(23-15-17-8-4-2-5-9-17)12-13-20(16)21(22)18-10-6-3-7-11-18/h2-14H,15H2,1H3. The van der Waals surface area contributed by atoms with E-state index in [-0.39, 0.29) is 5.78 Å². The summed E-state index contributed by atoms with van der Waals surface area (Å²) >= 11 is 0. The molecule has 0 heterocycles. The Morgan fingerprint density at radius 2 is 1.52 bits per heavy atom. The maximum absolute atomic E-state index is 12.5. The number of ketones is 1. The molecular weight excluding hydrogens is 284 g/mol. The molecule has 0 saturated carbocycles. The normalized spacial score (nSPS) is 10.3. The molecule has 0 fully saturated rings. The van der Waals surface area contributed by atoms with Gasteiger partial charge in [-0.25, -0.2) is 0 Å². The highest BCUT2D eigenvalue weighted by Gasteiger charge is 2.12. The summed E-state index contributed by atoms with van der Waals surface area (Å²) in [4.78, 5) is 12.5. The van der Waals surface area contributed by atoms with Crippen molar-refractivity contribution >= 4 is 5.78 Å². The van der Waals surface area contributed by atoms with Crippen molar-refractivity contribution in [1.82, 2.24) is 0 Å². The van der Waals surface area contributed by atoms with Crippen molar-refractivity contribution in [3.63, 3.8) is 0 Å². The minimum atomic E-state index is 0.0395. The molecule has 0 spiro atoms. The van der Waals surface area contributed by atoms with Crippen LogP contribution in [0.1, 0.15) is 27.0 Å². The van der Waals surface area contributed by atoms with Crippen molar-refractivity contribution in [2.75, 3.05) is 0 Å². The third-order valence-corrected chi connectivity index (χ3v) is 3.73. The van der Waals surface area contributed by atoms with Crippen LogP contribution >= 0.6 is 0 Å². The third-order valence-electron chi connectivity index (χ3n) is 3.73. The van der Waals surface area contributed by atoms with E-state index in [0.717, 1.165) is 16.9 Å². The summed E-state index contributed by atoms with van der Waals surface area (Å²) in [5.74, 6) is 0.814. The molecule has 114 valence electrons. The molecule has 0 atom stereocenters. The lowest BCUT2D eigenvalue weighted by atomic mass is 9.99.